The molecular weight excluding hydrogens is 206 g/mol. The van der Waals surface area contributed by atoms with E-state index in [1.54, 1.807) is 6.92 Å². The fraction of sp³-hybridized carbons (Fsp3) is 0.455. The Kier molecular flexibility index (Phi) is 3.56. The first-order chi connectivity index (χ1) is 7.54. The van der Waals surface area contributed by atoms with Crippen molar-refractivity contribution in [2.75, 3.05) is 5.73 Å². The highest BCUT2D eigenvalue weighted by atomic mass is 16.3. The molecule has 0 saturated heterocycles. The molecule has 0 aromatic carbocycles. The number of nitriles is 1. The summed E-state index contributed by atoms with van der Waals surface area (Å²) in [4.78, 5) is 11.8. The summed E-state index contributed by atoms with van der Waals surface area (Å²) in [6.07, 6.45) is 1.64. The van der Waals surface area contributed by atoms with Crippen LogP contribution in [0.5, 0.6) is 5.88 Å². The fourth-order valence-electron chi connectivity index (χ4n) is 1.49. The Morgan fingerprint density at radius 2 is 2.19 bits per heavy atom. The van der Waals surface area contributed by atoms with Crippen LogP contribution in [0.1, 0.15) is 30.9 Å². The van der Waals surface area contributed by atoms with Gasteiger partial charge in [0.05, 0.1) is 5.69 Å². The molecule has 0 saturated carbocycles. The van der Waals surface area contributed by atoms with Crippen LogP contribution in [0.2, 0.25) is 0 Å². The Balaban J connectivity index is 3.45. The maximum absolute atomic E-state index is 11.8. The molecule has 0 spiro atoms. The van der Waals surface area contributed by atoms with E-state index < -0.39 is 5.56 Å². The molecule has 0 amide bonds. The Labute approximate surface area is 93.7 Å². The highest BCUT2D eigenvalue weighted by molar-refractivity contribution is 5.59. The molecule has 0 unspecified atom stereocenters. The van der Waals surface area contributed by atoms with Crippen LogP contribution in [0.25, 0.3) is 0 Å². The molecule has 0 atom stereocenters. The molecule has 1 aromatic heterocycles. The molecule has 0 aliphatic heterocycles. The minimum absolute atomic E-state index is 0.00593. The van der Waals surface area contributed by atoms with E-state index >= 15 is 0 Å². The van der Waals surface area contributed by atoms with Crippen LogP contribution in [0.15, 0.2) is 4.79 Å². The zero-order valence-corrected chi connectivity index (χ0v) is 9.45. The summed E-state index contributed by atoms with van der Waals surface area (Å²) < 4.78 is 1.16. The van der Waals surface area contributed by atoms with Gasteiger partial charge >= 0.3 is 0 Å². The van der Waals surface area contributed by atoms with Crippen molar-refractivity contribution in [3.05, 3.63) is 21.5 Å². The number of aromatic hydroxyl groups is 1. The summed E-state index contributed by atoms with van der Waals surface area (Å²) in [6, 6.07) is 1.82. The van der Waals surface area contributed by atoms with E-state index in [1.165, 1.54) is 0 Å². The average Bonchev–Trinajstić information content (AvgIpc) is 2.27. The van der Waals surface area contributed by atoms with Gasteiger partial charge < -0.3 is 10.8 Å². The lowest BCUT2D eigenvalue weighted by atomic mass is 10.1. The lowest BCUT2D eigenvalue weighted by Gasteiger charge is -2.12. The summed E-state index contributed by atoms with van der Waals surface area (Å²) in [5, 5.41) is 18.6. The number of nitrogens with two attached hydrogens (primary N) is 1. The number of pyridine rings is 1. The Bertz CT molecular complexity index is 497. The Morgan fingerprint density at radius 1 is 1.56 bits per heavy atom. The average molecular weight is 221 g/mol. The van der Waals surface area contributed by atoms with Gasteiger partial charge in [-0.3, -0.25) is 9.36 Å². The van der Waals surface area contributed by atoms with Crippen LogP contribution in [0.3, 0.4) is 0 Å². The maximum atomic E-state index is 11.8. The molecule has 16 heavy (non-hydrogen) atoms. The van der Waals surface area contributed by atoms with Crippen LogP contribution in [0, 0.1) is 18.3 Å². The molecule has 3 N–H and O–H groups in total. The summed E-state index contributed by atoms with van der Waals surface area (Å²) >= 11 is 0. The number of hydrogen-bond donors (Lipinski definition) is 2. The van der Waals surface area contributed by atoms with Gasteiger partial charge in [0.2, 0.25) is 5.88 Å². The number of rotatable bonds is 3. The molecule has 0 aliphatic carbocycles. The zero-order chi connectivity index (χ0) is 12.3. The van der Waals surface area contributed by atoms with Crippen molar-refractivity contribution < 1.29 is 5.11 Å². The van der Waals surface area contributed by atoms with Crippen LogP contribution in [0.4, 0.5) is 5.69 Å². The highest BCUT2D eigenvalue weighted by Gasteiger charge is 2.16. The molecule has 86 valence electrons. The number of anilines is 1. The number of unbranched alkanes of at least 4 members (excludes halogenated alkanes) is 1. The topological polar surface area (TPSA) is 92.0 Å². The fourth-order valence-corrected chi connectivity index (χ4v) is 1.49. The predicted octanol–water partition coefficient (Wildman–Crippen LogP) is 1.12. The van der Waals surface area contributed by atoms with Gasteiger partial charge in [-0.05, 0) is 13.3 Å². The molecule has 0 fully saturated rings. The van der Waals surface area contributed by atoms with Crippen LogP contribution in [-0.2, 0) is 6.54 Å². The molecule has 0 aliphatic rings. The zero-order valence-electron chi connectivity index (χ0n) is 9.45. The minimum Gasteiger partial charge on any atom is -0.493 e. The van der Waals surface area contributed by atoms with Gasteiger partial charge in [-0.1, -0.05) is 13.3 Å². The Morgan fingerprint density at radius 3 is 2.69 bits per heavy atom. The third kappa shape index (κ3) is 1.87. The van der Waals surface area contributed by atoms with Gasteiger partial charge in [0.1, 0.15) is 11.6 Å². The molecule has 1 aromatic rings. The highest BCUT2D eigenvalue weighted by Crippen LogP contribution is 2.23. The van der Waals surface area contributed by atoms with E-state index in [0.29, 0.717) is 12.1 Å². The minimum atomic E-state index is -0.472. The van der Waals surface area contributed by atoms with Crippen molar-refractivity contribution in [2.24, 2.45) is 0 Å². The number of hydrogen-bond acceptors (Lipinski definition) is 4. The van der Waals surface area contributed by atoms with Gasteiger partial charge in [-0.25, -0.2) is 0 Å². The van der Waals surface area contributed by atoms with Crippen LogP contribution in [-0.4, -0.2) is 9.67 Å². The van der Waals surface area contributed by atoms with Gasteiger partial charge in [-0.2, -0.15) is 5.26 Å². The molecule has 0 bridgehead atoms. The first-order valence-electron chi connectivity index (χ1n) is 5.16. The maximum Gasteiger partial charge on any atom is 0.271 e. The van der Waals surface area contributed by atoms with Crippen LogP contribution < -0.4 is 11.3 Å². The Hall–Kier alpha value is -1.96. The first-order valence-corrected chi connectivity index (χ1v) is 5.16. The third-order valence-electron chi connectivity index (χ3n) is 2.58. The summed E-state index contributed by atoms with van der Waals surface area (Å²) in [7, 11) is 0. The summed E-state index contributed by atoms with van der Waals surface area (Å²) in [5.74, 6) is -0.241. The first kappa shape index (κ1) is 12.1. The van der Waals surface area contributed by atoms with Crippen molar-refractivity contribution in [3.63, 3.8) is 0 Å². The van der Waals surface area contributed by atoms with Gasteiger partial charge in [0, 0.05) is 12.1 Å². The van der Waals surface area contributed by atoms with E-state index in [-0.39, 0.29) is 17.1 Å². The normalized spacial score (nSPS) is 10.1. The quantitative estimate of drug-likeness (QED) is 0.799. The SMILES string of the molecule is CCCCn1c(O)c(N)c(C)c(C#N)c1=O. The second-order valence-electron chi connectivity index (χ2n) is 3.66. The number of nitrogens with zero attached hydrogens (tertiary/aromatic N) is 2. The summed E-state index contributed by atoms with van der Waals surface area (Å²) in [6.45, 7) is 3.91. The van der Waals surface area contributed by atoms with E-state index in [1.807, 2.05) is 13.0 Å². The van der Waals surface area contributed by atoms with E-state index in [0.717, 1.165) is 17.4 Å². The van der Waals surface area contributed by atoms with Crippen molar-refractivity contribution in [1.82, 2.24) is 4.57 Å². The van der Waals surface area contributed by atoms with Crippen LogP contribution >= 0.6 is 0 Å². The number of aromatic nitrogens is 1. The molecule has 1 heterocycles. The monoisotopic (exact) mass is 221 g/mol. The predicted molar refractivity (Wildman–Crippen MR) is 61.1 cm³/mol. The molecule has 0 radical (unpaired) electrons. The van der Waals surface area contributed by atoms with Gasteiger partial charge in [-0.15, -0.1) is 0 Å². The van der Waals surface area contributed by atoms with Crippen molar-refractivity contribution in [1.29, 1.82) is 5.26 Å². The standard InChI is InChI=1S/C11H15N3O2/c1-3-4-5-14-10(15)8(6-12)7(2)9(13)11(14)16/h16H,3-5,13H2,1-2H3. The third-order valence-corrected chi connectivity index (χ3v) is 2.58. The lowest BCUT2D eigenvalue weighted by molar-refractivity contribution is 0.403. The lowest BCUT2D eigenvalue weighted by Crippen LogP contribution is -2.25. The van der Waals surface area contributed by atoms with E-state index in [9.17, 15) is 9.90 Å². The second kappa shape index (κ2) is 4.71. The number of nitrogen functional groups attached to an aromatic ring is 1. The van der Waals surface area contributed by atoms with E-state index in [4.69, 9.17) is 11.0 Å². The molecule has 1 rings (SSSR count). The summed E-state index contributed by atoms with van der Waals surface area (Å²) in [5.41, 5.74) is 5.62. The molecular formula is C11H15N3O2. The van der Waals surface area contributed by atoms with Gasteiger partial charge in [0.15, 0.2) is 0 Å². The smallest absolute Gasteiger partial charge is 0.271 e. The largest absolute Gasteiger partial charge is 0.493 e. The van der Waals surface area contributed by atoms with Crippen molar-refractivity contribution in [2.45, 2.75) is 33.2 Å². The van der Waals surface area contributed by atoms with Crippen molar-refractivity contribution >= 4 is 5.69 Å². The van der Waals surface area contributed by atoms with Gasteiger partial charge in [0.25, 0.3) is 5.56 Å². The second-order valence-corrected chi connectivity index (χ2v) is 3.66. The van der Waals surface area contributed by atoms with E-state index in [2.05, 4.69) is 0 Å². The van der Waals surface area contributed by atoms with Crippen molar-refractivity contribution in [3.8, 4) is 11.9 Å². The molecule has 5 nitrogen and oxygen atoms in total. The molecule has 5 heteroatoms.